The summed E-state index contributed by atoms with van der Waals surface area (Å²) < 4.78 is 36.4. The fourth-order valence-electron chi connectivity index (χ4n) is 3.96. The van der Waals surface area contributed by atoms with E-state index in [9.17, 15) is 23.6 Å². The highest BCUT2D eigenvalue weighted by Crippen LogP contribution is 2.36. The molecule has 8 nitrogen and oxygen atoms in total. The van der Waals surface area contributed by atoms with E-state index in [0.29, 0.717) is 17.6 Å². The van der Waals surface area contributed by atoms with Gasteiger partial charge in [0.05, 0.1) is 24.5 Å². The standard InChI is InChI=1S/C31H36ClF2N5O3/c1-6-9-10-11-22(17-36)26(20(4)7-2)14-23(29(40)37-5)18-39-19-38-28(31(33,34)8-3)27(30(39)41)42-25-13-21(16-35)12-24(32)15-25/h11-15,17,19,36H,6-10,18H2,1-5H3,(H,37,40). The first-order chi connectivity index (χ1) is 20.0. The van der Waals surface area contributed by atoms with Crippen LogP contribution in [-0.2, 0) is 17.3 Å². The number of ether oxygens (including phenoxy) is 1. The first kappa shape index (κ1) is 34.1. The van der Waals surface area contributed by atoms with Crippen LogP contribution in [0.15, 0.2) is 63.8 Å². The number of amides is 1. The van der Waals surface area contributed by atoms with Crippen molar-refractivity contribution in [3.63, 3.8) is 0 Å². The van der Waals surface area contributed by atoms with Gasteiger partial charge in [-0.3, -0.25) is 14.2 Å². The minimum atomic E-state index is -3.50. The van der Waals surface area contributed by atoms with Crippen molar-refractivity contribution in [1.82, 2.24) is 14.9 Å². The van der Waals surface area contributed by atoms with Crippen molar-refractivity contribution in [2.45, 2.75) is 72.3 Å². The van der Waals surface area contributed by atoms with Gasteiger partial charge in [0, 0.05) is 30.3 Å². The van der Waals surface area contributed by atoms with E-state index in [1.165, 1.54) is 38.4 Å². The maximum absolute atomic E-state index is 14.9. The molecular weight excluding hydrogens is 564 g/mol. The number of halogens is 3. The molecule has 0 bridgehead atoms. The predicted octanol–water partition coefficient (Wildman–Crippen LogP) is 7.23. The minimum absolute atomic E-state index is 0.0949. The highest BCUT2D eigenvalue weighted by molar-refractivity contribution is 6.30. The first-order valence-corrected chi connectivity index (χ1v) is 14.0. The Hall–Kier alpha value is -4.10. The van der Waals surface area contributed by atoms with Crippen molar-refractivity contribution in [2.24, 2.45) is 0 Å². The fourth-order valence-corrected chi connectivity index (χ4v) is 4.18. The zero-order chi connectivity index (χ0) is 31.4. The van der Waals surface area contributed by atoms with Gasteiger partial charge in [0.2, 0.25) is 11.7 Å². The van der Waals surface area contributed by atoms with Crippen LogP contribution in [0, 0.1) is 16.7 Å². The van der Waals surface area contributed by atoms with E-state index < -0.39 is 35.3 Å². The third-order valence-corrected chi connectivity index (χ3v) is 6.78. The van der Waals surface area contributed by atoms with E-state index in [2.05, 4.69) is 17.2 Å². The molecule has 11 heteroatoms. The summed E-state index contributed by atoms with van der Waals surface area (Å²) in [4.78, 5) is 30.5. The van der Waals surface area contributed by atoms with E-state index in [-0.39, 0.29) is 28.5 Å². The van der Waals surface area contributed by atoms with Crippen molar-refractivity contribution in [2.75, 3.05) is 7.05 Å². The number of unbranched alkanes of at least 4 members (excludes halogenated alkanes) is 2. The van der Waals surface area contributed by atoms with Gasteiger partial charge in [-0.25, -0.2) is 4.98 Å². The van der Waals surface area contributed by atoms with Gasteiger partial charge >= 0.3 is 0 Å². The number of rotatable bonds is 14. The summed E-state index contributed by atoms with van der Waals surface area (Å²) in [6, 6.07) is 5.81. The van der Waals surface area contributed by atoms with Gasteiger partial charge in [-0.1, -0.05) is 56.9 Å². The summed E-state index contributed by atoms with van der Waals surface area (Å²) in [6.07, 6.45) is 8.39. The topological polar surface area (TPSA) is 121 Å². The number of likely N-dealkylation sites (N-methyl/N-ethyl adjacent to an activating group) is 1. The minimum Gasteiger partial charge on any atom is -0.449 e. The molecule has 42 heavy (non-hydrogen) atoms. The molecule has 224 valence electrons. The Labute approximate surface area is 249 Å². The largest absolute Gasteiger partial charge is 0.449 e. The van der Waals surface area contributed by atoms with Crippen LogP contribution in [0.25, 0.3) is 0 Å². The predicted molar refractivity (Wildman–Crippen MR) is 160 cm³/mol. The van der Waals surface area contributed by atoms with Crippen LogP contribution in [-0.4, -0.2) is 28.7 Å². The average Bonchev–Trinajstić information content (AvgIpc) is 2.98. The summed E-state index contributed by atoms with van der Waals surface area (Å²) in [5.74, 6) is -4.84. The molecule has 0 unspecified atom stereocenters. The summed E-state index contributed by atoms with van der Waals surface area (Å²) in [6.45, 7) is 6.84. The number of nitrogens with one attached hydrogen (secondary N) is 2. The lowest BCUT2D eigenvalue weighted by molar-refractivity contribution is -0.117. The van der Waals surface area contributed by atoms with E-state index in [4.69, 9.17) is 21.7 Å². The third-order valence-electron chi connectivity index (χ3n) is 6.56. The number of hydrogen-bond donors (Lipinski definition) is 2. The molecule has 1 amide bonds. The third kappa shape index (κ3) is 8.70. The molecule has 0 atom stereocenters. The lowest BCUT2D eigenvalue weighted by Crippen LogP contribution is -2.31. The smallest absolute Gasteiger partial charge is 0.297 e. The lowest BCUT2D eigenvalue weighted by atomic mass is 9.95. The van der Waals surface area contributed by atoms with Crippen molar-refractivity contribution >= 4 is 23.7 Å². The molecule has 2 aromatic rings. The van der Waals surface area contributed by atoms with Gasteiger partial charge in [-0.15, -0.1) is 0 Å². The van der Waals surface area contributed by atoms with E-state index in [1.54, 1.807) is 6.08 Å². The second-order valence-electron chi connectivity index (χ2n) is 9.55. The molecule has 1 heterocycles. The highest BCUT2D eigenvalue weighted by atomic mass is 35.5. The molecule has 0 saturated carbocycles. The molecule has 0 saturated heterocycles. The van der Waals surface area contributed by atoms with Crippen molar-refractivity contribution in [3.05, 3.63) is 85.6 Å². The van der Waals surface area contributed by atoms with Crippen molar-refractivity contribution < 1.29 is 18.3 Å². The Balaban J connectivity index is 2.75. The number of aromatic nitrogens is 2. The number of nitriles is 1. The zero-order valence-electron chi connectivity index (χ0n) is 24.5. The van der Waals surface area contributed by atoms with Gasteiger partial charge in [0.1, 0.15) is 5.75 Å². The Kier molecular flexibility index (Phi) is 12.8. The quantitative estimate of drug-likeness (QED) is 0.103. The molecule has 0 aliphatic carbocycles. The van der Waals surface area contributed by atoms with Gasteiger partial charge in [-0.2, -0.15) is 14.0 Å². The van der Waals surface area contributed by atoms with E-state index in [1.807, 2.05) is 26.0 Å². The molecule has 2 rings (SSSR count). The van der Waals surface area contributed by atoms with Gasteiger partial charge < -0.3 is 15.5 Å². The lowest BCUT2D eigenvalue weighted by Gasteiger charge is -2.19. The second-order valence-corrected chi connectivity index (χ2v) is 9.98. The molecule has 0 aliphatic heterocycles. The summed E-state index contributed by atoms with van der Waals surface area (Å²) in [7, 11) is 1.44. The van der Waals surface area contributed by atoms with Gasteiger partial charge in [-0.05, 0) is 55.2 Å². The van der Waals surface area contributed by atoms with Gasteiger partial charge in [0.15, 0.2) is 5.69 Å². The highest BCUT2D eigenvalue weighted by Gasteiger charge is 2.37. The molecule has 0 spiro atoms. The monoisotopic (exact) mass is 599 g/mol. The zero-order valence-corrected chi connectivity index (χ0v) is 25.2. The van der Waals surface area contributed by atoms with Crippen LogP contribution in [0.4, 0.5) is 8.78 Å². The number of carbonyl (C=O) groups excluding carboxylic acids is 1. The SMILES string of the molecule is CCCCC=C(C=N)C(C=C(Cn1cnc(C(F)(F)CC)c(Oc2cc(Cl)cc(C#N)c2)c1=O)C(=O)NC)=C(C)CC. The summed E-state index contributed by atoms with van der Waals surface area (Å²) >= 11 is 6.05. The molecule has 0 aliphatic rings. The second kappa shape index (κ2) is 15.8. The number of nitrogens with zero attached hydrogens (tertiary/aromatic N) is 3. The number of benzene rings is 1. The Morgan fingerprint density at radius 1 is 1.29 bits per heavy atom. The Bertz CT molecular complexity index is 1500. The van der Waals surface area contributed by atoms with E-state index in [0.717, 1.165) is 35.7 Å². The molecule has 0 radical (unpaired) electrons. The number of hydrogen-bond acceptors (Lipinski definition) is 6. The van der Waals surface area contributed by atoms with Crippen molar-refractivity contribution in [1.29, 1.82) is 10.7 Å². The summed E-state index contributed by atoms with van der Waals surface area (Å²) in [5.41, 5.74) is 0.636. The number of allylic oxidation sites excluding steroid dienone is 5. The summed E-state index contributed by atoms with van der Waals surface area (Å²) in [5, 5.41) is 19.9. The average molecular weight is 600 g/mol. The van der Waals surface area contributed by atoms with Crippen LogP contribution >= 0.6 is 11.6 Å². The first-order valence-electron chi connectivity index (χ1n) is 13.7. The normalized spacial score (nSPS) is 12.8. The van der Waals surface area contributed by atoms with Crippen LogP contribution in [0.2, 0.25) is 5.02 Å². The Morgan fingerprint density at radius 2 is 2.00 bits per heavy atom. The fraction of sp³-hybridized carbons (Fsp3) is 0.387. The molecule has 2 N–H and O–H groups in total. The van der Waals surface area contributed by atoms with E-state index >= 15 is 0 Å². The Morgan fingerprint density at radius 3 is 2.57 bits per heavy atom. The molecule has 1 aromatic carbocycles. The maximum Gasteiger partial charge on any atom is 0.297 e. The maximum atomic E-state index is 14.9. The van der Waals surface area contributed by atoms with Gasteiger partial charge in [0.25, 0.3) is 11.5 Å². The molecular formula is C31H36ClF2N5O3. The van der Waals surface area contributed by atoms with Crippen LogP contribution in [0.1, 0.15) is 71.1 Å². The van der Waals surface area contributed by atoms with Crippen LogP contribution < -0.4 is 15.6 Å². The molecule has 0 fully saturated rings. The number of alkyl halides is 2. The number of carbonyl (C=O) groups is 1. The van der Waals surface area contributed by atoms with Crippen molar-refractivity contribution in [3.8, 4) is 17.6 Å². The molecule has 1 aromatic heterocycles. The van der Waals surface area contributed by atoms with Crippen LogP contribution in [0.3, 0.4) is 0 Å². The van der Waals surface area contributed by atoms with Crippen LogP contribution in [0.5, 0.6) is 11.5 Å².